The van der Waals surface area contributed by atoms with Crippen LogP contribution in [0.4, 0.5) is 0 Å². The maximum Gasteiger partial charge on any atom is 0.122 e. The van der Waals surface area contributed by atoms with Crippen molar-refractivity contribution in [3.05, 3.63) is 63.6 Å². The number of hydrogen-bond donors (Lipinski definition) is 1. The van der Waals surface area contributed by atoms with Crippen LogP contribution < -0.4 is 10.1 Å². The third kappa shape index (κ3) is 3.05. The second kappa shape index (κ2) is 5.98. The Morgan fingerprint density at radius 2 is 2.15 bits per heavy atom. The molecule has 2 nitrogen and oxygen atoms in total. The number of halogens is 1. The van der Waals surface area contributed by atoms with Crippen molar-refractivity contribution in [2.75, 3.05) is 6.61 Å². The standard InChI is InChI=1S/C17H18BrNO/c1-12(14-3-2-4-16(18)10-14)19-11-13-5-6-17-15(9-13)7-8-20-17/h2-6,9-10,12,19H,7-8,11H2,1H3/t12-/m1/s1. The molecule has 3 rings (SSSR count). The molecular formula is C17H18BrNO. The number of benzene rings is 2. The first-order valence-corrected chi connectivity index (χ1v) is 7.75. The minimum absolute atomic E-state index is 0.331. The summed E-state index contributed by atoms with van der Waals surface area (Å²) >= 11 is 3.52. The summed E-state index contributed by atoms with van der Waals surface area (Å²) in [4.78, 5) is 0. The quantitative estimate of drug-likeness (QED) is 0.904. The van der Waals surface area contributed by atoms with E-state index >= 15 is 0 Å². The van der Waals surface area contributed by atoms with Gasteiger partial charge in [-0.1, -0.05) is 40.2 Å². The van der Waals surface area contributed by atoms with Crippen molar-refractivity contribution in [3.8, 4) is 5.75 Å². The first-order valence-electron chi connectivity index (χ1n) is 6.96. The van der Waals surface area contributed by atoms with Gasteiger partial charge in [0.15, 0.2) is 0 Å². The van der Waals surface area contributed by atoms with Crippen molar-refractivity contribution in [1.29, 1.82) is 0 Å². The molecule has 2 aromatic rings. The van der Waals surface area contributed by atoms with E-state index in [0.717, 1.165) is 29.8 Å². The van der Waals surface area contributed by atoms with E-state index in [4.69, 9.17) is 4.74 Å². The molecule has 0 saturated carbocycles. The number of ether oxygens (including phenoxy) is 1. The fourth-order valence-corrected chi connectivity index (χ4v) is 2.93. The van der Waals surface area contributed by atoms with Gasteiger partial charge < -0.3 is 10.1 Å². The molecule has 1 aliphatic heterocycles. The molecular weight excluding hydrogens is 314 g/mol. The average Bonchev–Trinajstić information content (AvgIpc) is 2.92. The van der Waals surface area contributed by atoms with Gasteiger partial charge in [-0.25, -0.2) is 0 Å². The van der Waals surface area contributed by atoms with Crippen LogP contribution in [0.5, 0.6) is 5.75 Å². The molecule has 0 unspecified atom stereocenters. The highest BCUT2D eigenvalue weighted by Crippen LogP contribution is 2.26. The van der Waals surface area contributed by atoms with Crippen LogP contribution in [0, 0.1) is 0 Å². The summed E-state index contributed by atoms with van der Waals surface area (Å²) < 4.78 is 6.66. The molecule has 1 atom stereocenters. The van der Waals surface area contributed by atoms with Crippen LogP contribution in [0.15, 0.2) is 46.9 Å². The summed E-state index contributed by atoms with van der Waals surface area (Å²) in [7, 11) is 0. The Bertz CT molecular complexity index is 612. The highest BCUT2D eigenvalue weighted by Gasteiger charge is 2.12. The Labute approximate surface area is 128 Å². The summed E-state index contributed by atoms with van der Waals surface area (Å²) in [6.07, 6.45) is 1.03. The van der Waals surface area contributed by atoms with E-state index in [2.05, 4.69) is 70.6 Å². The first-order chi connectivity index (χ1) is 9.72. The summed E-state index contributed by atoms with van der Waals surface area (Å²) in [5, 5.41) is 3.57. The van der Waals surface area contributed by atoms with Crippen molar-refractivity contribution < 1.29 is 4.74 Å². The van der Waals surface area contributed by atoms with Gasteiger partial charge in [0, 0.05) is 23.5 Å². The van der Waals surface area contributed by atoms with Crippen LogP contribution >= 0.6 is 15.9 Å². The van der Waals surface area contributed by atoms with Gasteiger partial charge in [-0.05, 0) is 41.8 Å². The molecule has 0 spiro atoms. The van der Waals surface area contributed by atoms with Gasteiger partial charge in [0.2, 0.25) is 0 Å². The van der Waals surface area contributed by atoms with Crippen LogP contribution in [-0.2, 0) is 13.0 Å². The monoisotopic (exact) mass is 331 g/mol. The highest BCUT2D eigenvalue weighted by molar-refractivity contribution is 9.10. The lowest BCUT2D eigenvalue weighted by atomic mass is 10.1. The molecule has 1 heterocycles. The van der Waals surface area contributed by atoms with Crippen LogP contribution in [0.2, 0.25) is 0 Å². The van der Waals surface area contributed by atoms with Gasteiger partial charge in [0.05, 0.1) is 6.61 Å². The average molecular weight is 332 g/mol. The number of rotatable bonds is 4. The SMILES string of the molecule is C[C@@H](NCc1ccc2c(c1)CCO2)c1cccc(Br)c1. The molecule has 0 bridgehead atoms. The Morgan fingerprint density at radius 1 is 1.25 bits per heavy atom. The van der Waals surface area contributed by atoms with Crippen molar-refractivity contribution in [3.63, 3.8) is 0 Å². The molecule has 0 fully saturated rings. The van der Waals surface area contributed by atoms with Crippen molar-refractivity contribution >= 4 is 15.9 Å². The lowest BCUT2D eigenvalue weighted by Crippen LogP contribution is -2.18. The molecule has 104 valence electrons. The largest absolute Gasteiger partial charge is 0.493 e. The zero-order valence-corrected chi connectivity index (χ0v) is 13.1. The zero-order valence-electron chi connectivity index (χ0n) is 11.5. The molecule has 3 heteroatoms. The molecule has 1 aliphatic rings. The highest BCUT2D eigenvalue weighted by atomic mass is 79.9. The Balaban J connectivity index is 1.64. The summed E-state index contributed by atoms with van der Waals surface area (Å²) in [5.74, 6) is 1.05. The lowest BCUT2D eigenvalue weighted by molar-refractivity contribution is 0.357. The Kier molecular flexibility index (Phi) is 4.08. The van der Waals surface area contributed by atoms with Crippen molar-refractivity contribution in [1.82, 2.24) is 5.32 Å². The zero-order chi connectivity index (χ0) is 13.9. The van der Waals surface area contributed by atoms with E-state index in [1.54, 1.807) is 0 Å². The maximum atomic E-state index is 5.54. The van der Waals surface area contributed by atoms with Crippen molar-refractivity contribution in [2.24, 2.45) is 0 Å². The third-order valence-corrected chi connectivity index (χ3v) is 4.21. The summed E-state index contributed by atoms with van der Waals surface area (Å²) in [6, 6.07) is 15.3. The number of nitrogens with one attached hydrogen (secondary N) is 1. The number of fused-ring (bicyclic) bond motifs is 1. The van der Waals surface area contributed by atoms with Gasteiger partial charge in [-0.3, -0.25) is 0 Å². The van der Waals surface area contributed by atoms with Gasteiger partial charge in [-0.15, -0.1) is 0 Å². The molecule has 20 heavy (non-hydrogen) atoms. The predicted octanol–water partition coefficient (Wildman–Crippen LogP) is 4.23. The second-order valence-electron chi connectivity index (χ2n) is 5.20. The molecule has 0 aromatic heterocycles. The minimum atomic E-state index is 0.331. The smallest absolute Gasteiger partial charge is 0.122 e. The molecule has 0 saturated heterocycles. The maximum absolute atomic E-state index is 5.54. The fraction of sp³-hybridized carbons (Fsp3) is 0.294. The summed E-state index contributed by atoms with van der Waals surface area (Å²) in [6.45, 7) is 3.89. The Hall–Kier alpha value is -1.32. The molecule has 0 radical (unpaired) electrons. The van der Waals surface area contributed by atoms with E-state index in [9.17, 15) is 0 Å². The van der Waals surface area contributed by atoms with E-state index in [1.165, 1.54) is 16.7 Å². The molecule has 1 N–H and O–H groups in total. The normalized spacial score (nSPS) is 14.7. The van der Waals surface area contributed by atoms with Gasteiger partial charge in [0.1, 0.15) is 5.75 Å². The number of hydrogen-bond acceptors (Lipinski definition) is 2. The minimum Gasteiger partial charge on any atom is -0.493 e. The lowest BCUT2D eigenvalue weighted by Gasteiger charge is -2.15. The van der Waals surface area contributed by atoms with Gasteiger partial charge in [0.25, 0.3) is 0 Å². The molecule has 0 amide bonds. The van der Waals surface area contributed by atoms with E-state index in [1.807, 2.05) is 0 Å². The van der Waals surface area contributed by atoms with E-state index in [0.29, 0.717) is 6.04 Å². The predicted molar refractivity (Wildman–Crippen MR) is 85.0 cm³/mol. The first kappa shape index (κ1) is 13.7. The van der Waals surface area contributed by atoms with Crippen LogP contribution in [0.1, 0.15) is 29.7 Å². The van der Waals surface area contributed by atoms with Gasteiger partial charge >= 0.3 is 0 Å². The molecule has 0 aliphatic carbocycles. The summed E-state index contributed by atoms with van der Waals surface area (Å²) in [5.41, 5.74) is 3.94. The van der Waals surface area contributed by atoms with Crippen molar-refractivity contribution in [2.45, 2.75) is 25.9 Å². The van der Waals surface area contributed by atoms with Crippen LogP contribution in [0.25, 0.3) is 0 Å². The third-order valence-electron chi connectivity index (χ3n) is 3.71. The molecule has 2 aromatic carbocycles. The second-order valence-corrected chi connectivity index (χ2v) is 6.11. The van der Waals surface area contributed by atoms with E-state index in [-0.39, 0.29) is 0 Å². The van der Waals surface area contributed by atoms with Crippen LogP contribution in [-0.4, -0.2) is 6.61 Å². The van der Waals surface area contributed by atoms with Gasteiger partial charge in [-0.2, -0.15) is 0 Å². The van der Waals surface area contributed by atoms with E-state index < -0.39 is 0 Å². The van der Waals surface area contributed by atoms with Crippen LogP contribution in [0.3, 0.4) is 0 Å². The topological polar surface area (TPSA) is 21.3 Å². The fourth-order valence-electron chi connectivity index (χ4n) is 2.51. The Morgan fingerprint density at radius 3 is 3.00 bits per heavy atom.